The van der Waals surface area contributed by atoms with Crippen molar-refractivity contribution in [2.75, 3.05) is 10.6 Å². The molecule has 0 unspecified atom stereocenters. The van der Waals surface area contributed by atoms with E-state index in [1.54, 1.807) is 36.8 Å². The largest absolute Gasteiger partial charge is 0.355 e. The summed E-state index contributed by atoms with van der Waals surface area (Å²) < 4.78 is 0. The number of carbonyl (C=O) groups excluding carboxylic acids is 2. The second-order valence-corrected chi connectivity index (χ2v) is 5.85. The molecule has 3 aromatic rings. The highest BCUT2D eigenvalue weighted by Crippen LogP contribution is 2.20. The van der Waals surface area contributed by atoms with Gasteiger partial charge < -0.3 is 16.0 Å². The van der Waals surface area contributed by atoms with E-state index in [0.29, 0.717) is 17.9 Å². The molecule has 27 heavy (non-hydrogen) atoms. The molecule has 7 nitrogen and oxygen atoms in total. The number of amides is 2. The summed E-state index contributed by atoms with van der Waals surface area (Å²) >= 11 is 0. The fraction of sp³-hybridized carbons (Fsp3) is 0.100. The molecule has 0 fully saturated rings. The molecule has 3 rings (SSSR count). The predicted octanol–water partition coefficient (Wildman–Crippen LogP) is 3.11. The minimum absolute atomic E-state index is 0.135. The molecule has 0 saturated carbocycles. The van der Waals surface area contributed by atoms with E-state index in [9.17, 15) is 9.59 Å². The first kappa shape index (κ1) is 18.1. The molecule has 1 aromatic carbocycles. The van der Waals surface area contributed by atoms with Gasteiger partial charge in [-0.25, -0.2) is 0 Å². The maximum absolute atomic E-state index is 12.3. The van der Waals surface area contributed by atoms with Crippen molar-refractivity contribution in [3.05, 3.63) is 78.4 Å². The number of anilines is 3. The van der Waals surface area contributed by atoms with Crippen LogP contribution in [-0.2, 0) is 11.3 Å². The minimum Gasteiger partial charge on any atom is -0.355 e. The molecule has 0 bridgehead atoms. The molecule has 0 radical (unpaired) electrons. The molecule has 0 atom stereocenters. The van der Waals surface area contributed by atoms with Crippen LogP contribution in [0.3, 0.4) is 0 Å². The van der Waals surface area contributed by atoms with Crippen molar-refractivity contribution in [3.8, 4) is 0 Å². The molecular weight excluding hydrogens is 342 g/mol. The zero-order valence-corrected chi connectivity index (χ0v) is 14.8. The van der Waals surface area contributed by atoms with Crippen molar-refractivity contribution in [2.45, 2.75) is 13.5 Å². The summed E-state index contributed by atoms with van der Waals surface area (Å²) in [4.78, 5) is 31.6. The van der Waals surface area contributed by atoms with Crippen LogP contribution in [0.15, 0.2) is 67.1 Å². The van der Waals surface area contributed by atoms with Crippen molar-refractivity contribution >= 4 is 28.9 Å². The van der Waals surface area contributed by atoms with E-state index in [1.165, 1.54) is 6.92 Å². The van der Waals surface area contributed by atoms with Crippen LogP contribution in [0.2, 0.25) is 0 Å². The number of pyridine rings is 2. The Morgan fingerprint density at radius 3 is 2.44 bits per heavy atom. The van der Waals surface area contributed by atoms with Gasteiger partial charge in [0.1, 0.15) is 5.69 Å². The Kier molecular flexibility index (Phi) is 5.73. The number of nitrogens with zero attached hydrogens (tertiary/aromatic N) is 2. The highest BCUT2D eigenvalue weighted by Gasteiger charge is 2.08. The number of hydrogen-bond donors (Lipinski definition) is 3. The maximum atomic E-state index is 12.3. The fourth-order valence-corrected chi connectivity index (χ4v) is 2.45. The van der Waals surface area contributed by atoms with Crippen LogP contribution in [0.25, 0.3) is 0 Å². The van der Waals surface area contributed by atoms with E-state index >= 15 is 0 Å². The molecule has 0 aliphatic rings. The lowest BCUT2D eigenvalue weighted by Crippen LogP contribution is -2.23. The van der Waals surface area contributed by atoms with Gasteiger partial charge in [0.25, 0.3) is 5.91 Å². The molecule has 2 heterocycles. The van der Waals surface area contributed by atoms with Gasteiger partial charge in [0, 0.05) is 49.1 Å². The van der Waals surface area contributed by atoms with Crippen LogP contribution >= 0.6 is 0 Å². The lowest BCUT2D eigenvalue weighted by atomic mass is 10.2. The number of rotatable bonds is 6. The topological polar surface area (TPSA) is 96.0 Å². The highest BCUT2D eigenvalue weighted by atomic mass is 16.2. The highest BCUT2D eigenvalue weighted by molar-refractivity contribution is 5.93. The van der Waals surface area contributed by atoms with Crippen LogP contribution in [0.5, 0.6) is 0 Å². The van der Waals surface area contributed by atoms with Gasteiger partial charge in [-0.1, -0.05) is 6.07 Å². The van der Waals surface area contributed by atoms with Gasteiger partial charge in [0.15, 0.2) is 0 Å². The Labute approximate surface area is 156 Å². The van der Waals surface area contributed by atoms with E-state index in [1.807, 2.05) is 30.3 Å². The summed E-state index contributed by atoms with van der Waals surface area (Å²) in [6, 6.07) is 14.4. The molecular formula is C20H19N5O2. The van der Waals surface area contributed by atoms with Crippen molar-refractivity contribution in [2.24, 2.45) is 0 Å². The second-order valence-electron chi connectivity index (χ2n) is 5.85. The molecule has 3 N–H and O–H groups in total. The summed E-state index contributed by atoms with van der Waals surface area (Å²) in [7, 11) is 0. The van der Waals surface area contributed by atoms with Gasteiger partial charge in [0.05, 0.1) is 0 Å². The maximum Gasteiger partial charge on any atom is 0.270 e. The summed E-state index contributed by atoms with van der Waals surface area (Å²) in [6.07, 6.45) is 4.93. The summed E-state index contributed by atoms with van der Waals surface area (Å²) in [5.74, 6) is -0.397. The van der Waals surface area contributed by atoms with Crippen LogP contribution in [0.1, 0.15) is 23.0 Å². The quantitative estimate of drug-likeness (QED) is 0.627. The Morgan fingerprint density at radius 1 is 0.926 bits per heavy atom. The molecule has 2 amide bonds. The summed E-state index contributed by atoms with van der Waals surface area (Å²) in [6.45, 7) is 1.86. The van der Waals surface area contributed by atoms with E-state index in [0.717, 1.165) is 16.9 Å². The smallest absolute Gasteiger partial charge is 0.270 e. The van der Waals surface area contributed by atoms with E-state index < -0.39 is 0 Å². The Bertz CT molecular complexity index is 944. The second kappa shape index (κ2) is 8.57. The van der Waals surface area contributed by atoms with Crippen LogP contribution in [0, 0.1) is 0 Å². The van der Waals surface area contributed by atoms with E-state index in [2.05, 4.69) is 25.9 Å². The normalized spacial score (nSPS) is 10.1. The minimum atomic E-state index is -0.262. The van der Waals surface area contributed by atoms with Crippen LogP contribution < -0.4 is 16.0 Å². The van der Waals surface area contributed by atoms with Crippen molar-refractivity contribution in [3.63, 3.8) is 0 Å². The van der Waals surface area contributed by atoms with Crippen LogP contribution in [0.4, 0.5) is 17.1 Å². The van der Waals surface area contributed by atoms with Gasteiger partial charge in [-0.05, 0) is 48.0 Å². The number of hydrogen-bond acceptors (Lipinski definition) is 5. The Morgan fingerprint density at radius 2 is 1.67 bits per heavy atom. The third-order valence-electron chi connectivity index (χ3n) is 3.67. The molecule has 0 aliphatic heterocycles. The standard InChI is InChI=1S/C20H19N5O2/c1-14(26)24-16-3-2-4-17(11-16)25-18-7-10-22-19(12-18)20(27)23-13-15-5-8-21-9-6-15/h2-12H,13H2,1H3,(H,22,25)(H,23,27)(H,24,26). The summed E-state index contributed by atoms with van der Waals surface area (Å²) in [5, 5.41) is 8.77. The lowest BCUT2D eigenvalue weighted by molar-refractivity contribution is -0.114. The zero-order valence-electron chi connectivity index (χ0n) is 14.8. The van der Waals surface area contributed by atoms with Crippen molar-refractivity contribution < 1.29 is 9.59 Å². The zero-order chi connectivity index (χ0) is 19.1. The first-order valence-corrected chi connectivity index (χ1v) is 8.38. The molecule has 2 aromatic heterocycles. The SMILES string of the molecule is CC(=O)Nc1cccc(Nc2ccnc(C(=O)NCc3ccncc3)c2)c1. The first-order valence-electron chi connectivity index (χ1n) is 8.38. The average Bonchev–Trinajstić information content (AvgIpc) is 2.67. The lowest BCUT2D eigenvalue weighted by Gasteiger charge is -2.10. The monoisotopic (exact) mass is 361 g/mol. The van der Waals surface area contributed by atoms with Crippen LogP contribution in [-0.4, -0.2) is 21.8 Å². The van der Waals surface area contributed by atoms with Gasteiger partial charge in [-0.3, -0.25) is 19.6 Å². The molecule has 7 heteroatoms. The number of aromatic nitrogens is 2. The van der Waals surface area contributed by atoms with Crippen molar-refractivity contribution in [1.29, 1.82) is 0 Å². The summed E-state index contributed by atoms with van der Waals surface area (Å²) in [5.41, 5.74) is 3.47. The van der Waals surface area contributed by atoms with Crippen molar-refractivity contribution in [1.82, 2.24) is 15.3 Å². The van der Waals surface area contributed by atoms with E-state index in [-0.39, 0.29) is 11.8 Å². The third-order valence-corrected chi connectivity index (χ3v) is 3.67. The van der Waals surface area contributed by atoms with Gasteiger partial charge >= 0.3 is 0 Å². The molecule has 0 spiro atoms. The predicted molar refractivity (Wildman–Crippen MR) is 104 cm³/mol. The van der Waals surface area contributed by atoms with Gasteiger partial charge in [0.2, 0.25) is 5.91 Å². The number of nitrogens with one attached hydrogen (secondary N) is 3. The third kappa shape index (κ3) is 5.37. The fourth-order valence-electron chi connectivity index (χ4n) is 2.45. The molecule has 0 saturated heterocycles. The number of carbonyl (C=O) groups is 2. The first-order chi connectivity index (χ1) is 13.1. The van der Waals surface area contributed by atoms with Gasteiger partial charge in [-0.2, -0.15) is 0 Å². The van der Waals surface area contributed by atoms with E-state index in [4.69, 9.17) is 0 Å². The average molecular weight is 361 g/mol. The molecule has 0 aliphatic carbocycles. The van der Waals surface area contributed by atoms with Gasteiger partial charge in [-0.15, -0.1) is 0 Å². The molecule has 136 valence electrons. The Hall–Kier alpha value is -3.74. The number of benzene rings is 1. The Balaban J connectivity index is 1.66.